The third kappa shape index (κ3) is 5.11. The fourth-order valence-corrected chi connectivity index (χ4v) is 8.26. The van der Waals surface area contributed by atoms with Gasteiger partial charge in [0.1, 0.15) is 0 Å². The highest BCUT2D eigenvalue weighted by molar-refractivity contribution is 7.68. The first-order valence-corrected chi connectivity index (χ1v) is 13.3. The summed E-state index contributed by atoms with van der Waals surface area (Å²) in [5, 5.41) is 4.40. The maximum atomic E-state index is 14.1. The predicted molar refractivity (Wildman–Crippen MR) is 130 cm³/mol. The highest BCUT2D eigenvalue weighted by atomic mass is 35.5. The minimum atomic E-state index is -3.13. The van der Waals surface area contributed by atoms with Gasteiger partial charge >= 0.3 is 0 Å². The largest absolute Gasteiger partial charge is 0.298 e. The highest BCUT2D eigenvalue weighted by Crippen LogP contribution is 2.54. The van der Waals surface area contributed by atoms with Crippen LogP contribution in [0.4, 0.5) is 0 Å². The first-order chi connectivity index (χ1) is 14.4. The van der Waals surface area contributed by atoms with Crippen LogP contribution in [0.2, 0.25) is 0 Å². The van der Waals surface area contributed by atoms with E-state index in [4.69, 9.17) is 23.2 Å². The van der Waals surface area contributed by atoms with Crippen LogP contribution < -0.4 is 5.09 Å². The lowest BCUT2D eigenvalue weighted by Crippen LogP contribution is -2.33. The summed E-state index contributed by atoms with van der Waals surface area (Å²) in [6.45, 7) is 2.16. The quantitative estimate of drug-likeness (QED) is 0.423. The molecule has 0 heterocycles. The van der Waals surface area contributed by atoms with Crippen LogP contribution in [0.5, 0.6) is 0 Å². The molecule has 1 N–H and O–H groups in total. The fourth-order valence-electron chi connectivity index (χ4n) is 5.11. The normalized spacial score (nSPS) is 25.5. The van der Waals surface area contributed by atoms with Crippen LogP contribution in [0.1, 0.15) is 43.7 Å². The smallest absolute Gasteiger partial charge is 0.193 e. The monoisotopic (exact) mass is 459 g/mol. The fraction of sp³-hybridized carbons (Fsp3) is 0.360. The van der Waals surface area contributed by atoms with Crippen molar-refractivity contribution >= 4 is 40.6 Å². The Hall–Kier alpha value is -1.31. The molecule has 0 unspecified atom stereocenters. The van der Waals surface area contributed by atoms with Gasteiger partial charge in [-0.2, -0.15) is 0 Å². The van der Waals surface area contributed by atoms with E-state index < -0.39 is 7.29 Å². The molecule has 158 valence electrons. The van der Waals surface area contributed by atoms with Gasteiger partial charge < -0.3 is 0 Å². The molecule has 0 aromatic heterocycles. The summed E-state index contributed by atoms with van der Waals surface area (Å²) in [7, 11) is -3.13. The molecule has 2 aliphatic carbocycles. The molecule has 2 fully saturated rings. The average Bonchev–Trinajstić information content (AvgIpc) is 3.38. The Morgan fingerprint density at radius 3 is 1.90 bits per heavy atom. The molecule has 30 heavy (non-hydrogen) atoms. The van der Waals surface area contributed by atoms with Gasteiger partial charge in [0.05, 0.1) is 10.1 Å². The van der Waals surface area contributed by atoms with Gasteiger partial charge in [0.15, 0.2) is 7.29 Å². The average molecular weight is 460 g/mol. The summed E-state index contributed by atoms with van der Waals surface area (Å²) >= 11 is 13.2. The molecule has 4 rings (SSSR count). The molecule has 2 aromatic carbocycles. The Morgan fingerprint density at radius 1 is 0.933 bits per heavy atom. The van der Waals surface area contributed by atoms with Crippen molar-refractivity contribution in [2.75, 3.05) is 0 Å². The lowest BCUT2D eigenvalue weighted by atomic mass is 9.84. The van der Waals surface area contributed by atoms with Gasteiger partial charge in [0.2, 0.25) is 0 Å². The van der Waals surface area contributed by atoms with Crippen LogP contribution in [-0.4, -0.2) is 6.04 Å². The first-order valence-electron chi connectivity index (χ1n) is 10.7. The number of hydrogen-bond donors (Lipinski definition) is 1. The maximum absolute atomic E-state index is 14.1. The van der Waals surface area contributed by atoms with Gasteiger partial charge in [-0.15, -0.1) is 0 Å². The van der Waals surface area contributed by atoms with Crippen molar-refractivity contribution in [3.05, 3.63) is 83.4 Å². The number of nitrogens with one attached hydrogen (secondary N) is 1. The summed E-state index contributed by atoms with van der Waals surface area (Å²) < 4.78 is 14.1. The summed E-state index contributed by atoms with van der Waals surface area (Å²) in [4.78, 5) is 0. The molecule has 0 saturated heterocycles. The molecule has 2 aromatic rings. The van der Waals surface area contributed by atoms with Crippen LogP contribution >= 0.6 is 30.5 Å². The summed E-state index contributed by atoms with van der Waals surface area (Å²) in [5.74, 6) is 5.48. The van der Waals surface area contributed by atoms with Gasteiger partial charge in [-0.05, 0) is 55.1 Å². The van der Waals surface area contributed by atoms with E-state index in [2.05, 4.69) is 12.0 Å². The van der Waals surface area contributed by atoms with E-state index in [1.807, 2.05) is 60.7 Å². The number of fused-ring (bicyclic) bond motifs is 2. The second-order valence-corrected chi connectivity index (χ2v) is 11.7. The number of hydrogen-bond acceptors (Lipinski definition) is 1. The van der Waals surface area contributed by atoms with E-state index in [-0.39, 0.29) is 6.04 Å². The van der Waals surface area contributed by atoms with Crippen molar-refractivity contribution in [3.8, 4) is 0 Å². The predicted octanol–water partition coefficient (Wildman–Crippen LogP) is 8.15. The minimum Gasteiger partial charge on any atom is -0.298 e. The Morgan fingerprint density at radius 2 is 1.47 bits per heavy atom. The van der Waals surface area contributed by atoms with E-state index >= 15 is 0 Å². The molecule has 2 nitrogen and oxygen atoms in total. The molecule has 0 amide bonds. The SMILES string of the molecule is C[C@@H](NP(=O)(/C=C(\Cl)c1ccccc1)/C=C(\Cl)c1ccccc1)[C@H]1C[C@@H]2CC[C@H]1C2. The Kier molecular flexibility index (Phi) is 6.90. The van der Waals surface area contributed by atoms with Crippen LogP contribution in [0.25, 0.3) is 10.1 Å². The Bertz CT molecular complexity index is 914. The molecule has 5 heteroatoms. The lowest BCUT2D eigenvalue weighted by molar-refractivity contribution is 0.280. The number of benzene rings is 2. The summed E-state index contributed by atoms with van der Waals surface area (Å²) in [6, 6.07) is 19.4. The highest BCUT2D eigenvalue weighted by Gasteiger charge is 2.42. The van der Waals surface area contributed by atoms with Crippen molar-refractivity contribution < 1.29 is 4.57 Å². The zero-order valence-electron chi connectivity index (χ0n) is 17.2. The van der Waals surface area contributed by atoms with Crippen molar-refractivity contribution in [2.24, 2.45) is 17.8 Å². The standard InChI is InChI=1S/C25H28Cl2NOP/c1-18(23-15-19-12-13-22(23)14-19)28-30(29,16-24(26)20-8-4-2-5-9-20)17-25(27)21-10-6-3-7-11-21/h2-11,16-19,22-23H,12-15H2,1H3,(H,28,29)/b24-16-,25-17-/t18-,19-,22+,23-/m1/s1. The molecule has 0 aliphatic heterocycles. The van der Waals surface area contributed by atoms with Crippen molar-refractivity contribution in [1.29, 1.82) is 0 Å². The van der Waals surface area contributed by atoms with Gasteiger partial charge in [-0.25, -0.2) is 0 Å². The topological polar surface area (TPSA) is 29.1 Å². The minimum absolute atomic E-state index is 0.138. The maximum Gasteiger partial charge on any atom is 0.193 e. The molecular weight excluding hydrogens is 432 g/mol. The molecular formula is C25H28Cl2NOP. The van der Waals surface area contributed by atoms with Crippen LogP contribution in [0.15, 0.2) is 72.3 Å². The van der Waals surface area contributed by atoms with Gasteiger partial charge in [0.25, 0.3) is 0 Å². The van der Waals surface area contributed by atoms with Crippen LogP contribution in [0, 0.1) is 17.8 Å². The van der Waals surface area contributed by atoms with E-state index in [1.165, 1.54) is 25.7 Å². The van der Waals surface area contributed by atoms with Crippen LogP contribution in [-0.2, 0) is 4.57 Å². The summed E-state index contributed by atoms with van der Waals surface area (Å²) in [5.41, 5.74) is 1.69. The molecule has 2 bridgehead atoms. The third-order valence-corrected chi connectivity index (χ3v) is 9.60. The van der Waals surface area contributed by atoms with E-state index in [0.29, 0.717) is 16.0 Å². The molecule has 0 spiro atoms. The number of rotatable bonds is 7. The van der Waals surface area contributed by atoms with Crippen molar-refractivity contribution in [2.45, 2.75) is 38.6 Å². The summed E-state index contributed by atoms with van der Waals surface area (Å²) in [6.07, 6.45) is 5.20. The second kappa shape index (κ2) is 9.45. The second-order valence-electron chi connectivity index (χ2n) is 8.65. The van der Waals surface area contributed by atoms with E-state index in [1.54, 1.807) is 11.6 Å². The van der Waals surface area contributed by atoms with Crippen LogP contribution in [0.3, 0.4) is 0 Å². The van der Waals surface area contributed by atoms with Crippen molar-refractivity contribution in [3.63, 3.8) is 0 Å². The molecule has 2 aliphatic rings. The lowest BCUT2D eigenvalue weighted by Gasteiger charge is -2.30. The van der Waals surface area contributed by atoms with E-state index in [0.717, 1.165) is 23.0 Å². The van der Waals surface area contributed by atoms with Gasteiger partial charge in [0, 0.05) is 17.7 Å². The first kappa shape index (κ1) is 21.9. The number of halogens is 2. The van der Waals surface area contributed by atoms with Gasteiger partial charge in [-0.3, -0.25) is 9.65 Å². The van der Waals surface area contributed by atoms with E-state index in [9.17, 15) is 4.57 Å². The zero-order valence-corrected chi connectivity index (χ0v) is 19.6. The molecule has 0 radical (unpaired) electrons. The zero-order chi connectivity index (χ0) is 21.1. The van der Waals surface area contributed by atoms with Crippen molar-refractivity contribution in [1.82, 2.24) is 5.09 Å². The van der Waals surface area contributed by atoms with Gasteiger partial charge in [-0.1, -0.05) is 90.3 Å². The third-order valence-electron chi connectivity index (χ3n) is 6.55. The Balaban J connectivity index is 1.64. The molecule has 2 saturated carbocycles. The molecule has 4 atom stereocenters. The Labute approximate surface area is 189 Å².